The molecule has 1 heterocycles. The Bertz CT molecular complexity index is 1050. The lowest BCUT2D eigenvalue weighted by Gasteiger charge is -2.17. The van der Waals surface area contributed by atoms with E-state index in [1.54, 1.807) is 25.1 Å². The van der Waals surface area contributed by atoms with Gasteiger partial charge in [0.25, 0.3) is 0 Å². The lowest BCUT2D eigenvalue weighted by atomic mass is 10.1. The third-order valence-corrected chi connectivity index (χ3v) is 4.50. The minimum Gasteiger partial charge on any atom is -0.478 e. The van der Waals surface area contributed by atoms with Gasteiger partial charge in [-0.25, -0.2) is 4.79 Å². The summed E-state index contributed by atoms with van der Waals surface area (Å²) < 4.78 is 42.6. The molecule has 3 aromatic rings. The molecule has 3 nitrogen and oxygen atoms in total. The lowest BCUT2D eigenvalue weighted by molar-refractivity contribution is -0.137. The Labute approximate surface area is 160 Å². The van der Waals surface area contributed by atoms with Crippen LogP contribution in [0.25, 0.3) is 17.8 Å². The largest absolute Gasteiger partial charge is 0.478 e. The Morgan fingerprint density at radius 1 is 0.964 bits per heavy atom. The third kappa shape index (κ3) is 3.86. The first-order valence-electron chi connectivity index (χ1n) is 8.55. The molecule has 3 rings (SSSR count). The monoisotopic (exact) mass is 385 g/mol. The number of hydrogen-bond donors (Lipinski definition) is 1. The van der Waals surface area contributed by atoms with E-state index in [9.17, 15) is 23.1 Å². The summed E-state index contributed by atoms with van der Waals surface area (Å²) in [6.45, 7) is 3.09. The first kappa shape index (κ1) is 19.5. The van der Waals surface area contributed by atoms with Crippen LogP contribution < -0.4 is 0 Å². The number of benzene rings is 2. The fourth-order valence-corrected chi connectivity index (χ4v) is 3.19. The molecule has 0 aliphatic heterocycles. The molecule has 0 unspecified atom stereocenters. The van der Waals surface area contributed by atoms with Crippen molar-refractivity contribution in [1.29, 1.82) is 0 Å². The van der Waals surface area contributed by atoms with Crippen molar-refractivity contribution < 1.29 is 23.1 Å². The second-order valence-corrected chi connectivity index (χ2v) is 6.44. The predicted octanol–water partition coefficient (Wildman–Crippen LogP) is 5.98. The summed E-state index contributed by atoms with van der Waals surface area (Å²) in [4.78, 5) is 11.3. The highest BCUT2D eigenvalue weighted by Gasteiger charge is 2.35. The van der Waals surface area contributed by atoms with Crippen molar-refractivity contribution in [3.8, 4) is 5.69 Å². The number of aryl methyl sites for hydroxylation is 1. The van der Waals surface area contributed by atoms with Crippen LogP contribution in [0.3, 0.4) is 0 Å². The minimum atomic E-state index is -4.58. The highest BCUT2D eigenvalue weighted by atomic mass is 19.4. The summed E-state index contributed by atoms with van der Waals surface area (Å²) in [5, 5.41) is 9.26. The van der Waals surface area contributed by atoms with E-state index in [1.165, 1.54) is 23.6 Å². The van der Waals surface area contributed by atoms with Crippen molar-refractivity contribution >= 4 is 18.1 Å². The third-order valence-electron chi connectivity index (χ3n) is 4.50. The maximum atomic E-state index is 13.8. The highest BCUT2D eigenvalue weighted by molar-refractivity contribution is 5.89. The number of rotatable bonds is 4. The zero-order valence-electron chi connectivity index (χ0n) is 15.3. The van der Waals surface area contributed by atoms with Gasteiger partial charge in [-0.2, -0.15) is 13.2 Å². The molecule has 0 aliphatic rings. The topological polar surface area (TPSA) is 42.2 Å². The molecule has 0 atom stereocenters. The summed E-state index contributed by atoms with van der Waals surface area (Å²) in [7, 11) is 0. The Kier molecular flexibility index (Phi) is 5.14. The van der Waals surface area contributed by atoms with E-state index in [4.69, 9.17) is 0 Å². The van der Waals surface area contributed by atoms with Crippen molar-refractivity contribution in [3.05, 3.63) is 88.2 Å². The van der Waals surface area contributed by atoms with Crippen LogP contribution in [0, 0.1) is 13.8 Å². The van der Waals surface area contributed by atoms with Crippen LogP contribution in [0.4, 0.5) is 13.2 Å². The van der Waals surface area contributed by atoms with Gasteiger partial charge in [0.2, 0.25) is 0 Å². The molecule has 0 bridgehead atoms. The van der Waals surface area contributed by atoms with Crippen LogP contribution in [0.5, 0.6) is 0 Å². The Morgan fingerprint density at radius 2 is 1.61 bits per heavy atom. The van der Waals surface area contributed by atoms with Crippen molar-refractivity contribution in [2.24, 2.45) is 0 Å². The van der Waals surface area contributed by atoms with Gasteiger partial charge in [-0.1, -0.05) is 48.6 Å². The first-order chi connectivity index (χ1) is 13.2. The molecule has 0 amide bonds. The number of hydrogen-bond acceptors (Lipinski definition) is 1. The number of aromatic nitrogens is 1. The van der Waals surface area contributed by atoms with Gasteiger partial charge in [-0.3, -0.25) is 0 Å². The van der Waals surface area contributed by atoms with Gasteiger partial charge in [0.15, 0.2) is 0 Å². The van der Waals surface area contributed by atoms with Gasteiger partial charge in [0.05, 0.1) is 16.8 Å². The Morgan fingerprint density at radius 3 is 2.18 bits per heavy atom. The molecule has 0 saturated heterocycles. The van der Waals surface area contributed by atoms with Crippen LogP contribution in [0.2, 0.25) is 0 Å². The van der Waals surface area contributed by atoms with Crippen LogP contribution in [0.15, 0.2) is 54.6 Å². The standard InChI is InChI=1S/C22H18F3NO2/c1-14-12-18(21(27)28)15(2)26(14)20-11-10-17(13-19(20)22(23,24)25)9-8-16-6-4-3-5-7-16/h3-13H,1-2H3,(H,27,28). The van der Waals surface area contributed by atoms with E-state index in [-0.39, 0.29) is 16.9 Å². The fraction of sp³-hybridized carbons (Fsp3) is 0.136. The molecule has 0 spiro atoms. The molecule has 0 saturated carbocycles. The quantitative estimate of drug-likeness (QED) is 0.561. The van der Waals surface area contributed by atoms with E-state index in [0.717, 1.165) is 11.6 Å². The Hall–Kier alpha value is -3.28. The normalized spacial score (nSPS) is 11.9. The lowest BCUT2D eigenvalue weighted by Crippen LogP contribution is -2.13. The first-order valence-corrected chi connectivity index (χ1v) is 8.55. The Balaban J connectivity index is 2.11. The zero-order chi connectivity index (χ0) is 20.5. The average Bonchev–Trinajstić information content (AvgIpc) is 2.94. The van der Waals surface area contributed by atoms with Crippen molar-refractivity contribution in [2.75, 3.05) is 0 Å². The van der Waals surface area contributed by atoms with Crippen LogP contribution in [-0.2, 0) is 6.18 Å². The van der Waals surface area contributed by atoms with Crippen molar-refractivity contribution in [3.63, 3.8) is 0 Å². The molecule has 0 aliphatic carbocycles. The second kappa shape index (κ2) is 7.38. The number of carboxylic acids is 1. The number of aromatic carboxylic acids is 1. The molecule has 0 fully saturated rings. The minimum absolute atomic E-state index is 0.0151. The van der Waals surface area contributed by atoms with Crippen LogP contribution in [-0.4, -0.2) is 15.6 Å². The highest BCUT2D eigenvalue weighted by Crippen LogP contribution is 2.36. The van der Waals surface area contributed by atoms with Gasteiger partial charge >= 0.3 is 12.1 Å². The van der Waals surface area contributed by atoms with Gasteiger partial charge in [0.1, 0.15) is 0 Å². The number of nitrogens with zero attached hydrogens (tertiary/aromatic N) is 1. The molecule has 28 heavy (non-hydrogen) atoms. The number of alkyl halides is 3. The van der Waals surface area contributed by atoms with E-state index in [1.807, 2.05) is 30.3 Å². The number of carbonyl (C=O) groups is 1. The van der Waals surface area contributed by atoms with Gasteiger partial charge in [-0.05, 0) is 43.2 Å². The average molecular weight is 385 g/mol. The van der Waals surface area contributed by atoms with Gasteiger partial charge in [0, 0.05) is 11.4 Å². The van der Waals surface area contributed by atoms with E-state index in [0.29, 0.717) is 11.3 Å². The number of carboxylic acid groups (broad SMARTS) is 1. The molecular formula is C22H18F3NO2. The summed E-state index contributed by atoms with van der Waals surface area (Å²) >= 11 is 0. The SMILES string of the molecule is Cc1cc(C(=O)O)c(C)n1-c1ccc(C=Cc2ccccc2)cc1C(F)(F)F. The molecule has 144 valence electrons. The maximum Gasteiger partial charge on any atom is 0.418 e. The van der Waals surface area contributed by atoms with Gasteiger partial charge < -0.3 is 9.67 Å². The van der Waals surface area contributed by atoms with Crippen molar-refractivity contribution in [2.45, 2.75) is 20.0 Å². The molecule has 1 aromatic heterocycles. The van der Waals surface area contributed by atoms with E-state index >= 15 is 0 Å². The fourth-order valence-electron chi connectivity index (χ4n) is 3.19. The summed E-state index contributed by atoms with van der Waals surface area (Å²) in [5.41, 5.74) is 1.03. The predicted molar refractivity (Wildman–Crippen MR) is 103 cm³/mol. The van der Waals surface area contributed by atoms with Crippen LogP contribution in [0.1, 0.15) is 38.4 Å². The smallest absolute Gasteiger partial charge is 0.418 e. The molecule has 1 N–H and O–H groups in total. The summed E-state index contributed by atoms with van der Waals surface area (Å²) in [6.07, 6.45) is -1.23. The second-order valence-electron chi connectivity index (χ2n) is 6.44. The zero-order valence-corrected chi connectivity index (χ0v) is 15.3. The van der Waals surface area contributed by atoms with E-state index < -0.39 is 17.7 Å². The molecular weight excluding hydrogens is 367 g/mol. The summed E-state index contributed by atoms with van der Waals surface area (Å²) in [5.74, 6) is -1.17. The van der Waals surface area contributed by atoms with E-state index in [2.05, 4.69) is 0 Å². The van der Waals surface area contributed by atoms with Crippen LogP contribution >= 0.6 is 0 Å². The van der Waals surface area contributed by atoms with Gasteiger partial charge in [-0.15, -0.1) is 0 Å². The van der Waals surface area contributed by atoms with Crippen molar-refractivity contribution in [1.82, 2.24) is 4.57 Å². The maximum absolute atomic E-state index is 13.8. The molecule has 0 radical (unpaired) electrons. The molecule has 2 aromatic carbocycles. The number of halogens is 3. The summed E-state index contributed by atoms with van der Waals surface area (Å²) in [6, 6.07) is 14.7. The molecule has 6 heteroatoms.